The molecule has 5 nitrogen and oxygen atoms in total. The number of rotatable bonds is 9. The minimum absolute atomic E-state index is 0.0775. The van der Waals surface area contributed by atoms with Crippen LogP contribution in [0.3, 0.4) is 0 Å². The molecule has 1 aliphatic heterocycles. The van der Waals surface area contributed by atoms with Gasteiger partial charge >= 0.3 is 0 Å². The number of amides is 2. The highest BCUT2D eigenvalue weighted by atomic mass is 35.5. The molecular weight excluding hydrogens is 492 g/mol. The van der Waals surface area contributed by atoms with Crippen molar-refractivity contribution in [2.24, 2.45) is 0 Å². The lowest BCUT2D eigenvalue weighted by Crippen LogP contribution is -2.43. The molecule has 0 radical (unpaired) electrons. The zero-order chi connectivity index (χ0) is 25.5. The van der Waals surface area contributed by atoms with Crippen molar-refractivity contribution in [2.45, 2.75) is 37.6 Å². The van der Waals surface area contributed by atoms with E-state index in [9.17, 15) is 9.59 Å². The van der Waals surface area contributed by atoms with Gasteiger partial charge in [0.05, 0.1) is 23.2 Å². The summed E-state index contributed by atoms with van der Waals surface area (Å²) in [4.78, 5) is 29.4. The summed E-state index contributed by atoms with van der Waals surface area (Å²) in [5.74, 6) is 0.371. The second-order valence-electron chi connectivity index (χ2n) is 8.58. The number of benzene rings is 3. The van der Waals surface area contributed by atoms with Gasteiger partial charge in [-0.1, -0.05) is 73.1 Å². The van der Waals surface area contributed by atoms with E-state index in [4.69, 9.17) is 16.3 Å². The van der Waals surface area contributed by atoms with Gasteiger partial charge in [0.25, 0.3) is 5.91 Å². The maximum atomic E-state index is 13.4. The molecule has 0 bridgehead atoms. The molecular formula is C29H29ClN2O3S. The van der Waals surface area contributed by atoms with Gasteiger partial charge in [-0.25, -0.2) is 0 Å². The van der Waals surface area contributed by atoms with Crippen molar-refractivity contribution in [3.63, 3.8) is 0 Å². The molecule has 0 aliphatic carbocycles. The van der Waals surface area contributed by atoms with Crippen LogP contribution in [0.15, 0.2) is 82.6 Å². The van der Waals surface area contributed by atoms with Crippen LogP contribution in [0.25, 0.3) is 6.08 Å². The number of unbranched alkanes of at least 4 members (excludes halogenated alkanes) is 1. The number of fused-ring (bicyclic) bond motifs is 1. The Hall–Kier alpha value is -3.22. The second-order valence-corrected chi connectivity index (χ2v) is 10.1. The molecule has 1 atom stereocenters. The number of nitrogens with zero attached hydrogens (tertiary/aromatic N) is 1. The number of carbonyl (C=O) groups is 2. The Morgan fingerprint density at radius 2 is 1.89 bits per heavy atom. The number of hydrogen-bond acceptors (Lipinski definition) is 4. The number of thioether (sulfide) groups is 1. The molecule has 0 fully saturated rings. The van der Waals surface area contributed by atoms with Crippen LogP contribution in [0.2, 0.25) is 5.02 Å². The highest BCUT2D eigenvalue weighted by molar-refractivity contribution is 8.04. The lowest BCUT2D eigenvalue weighted by atomic mass is 10.1. The summed E-state index contributed by atoms with van der Waals surface area (Å²) in [6.45, 7) is 4.67. The van der Waals surface area contributed by atoms with Crippen molar-refractivity contribution in [3.8, 4) is 5.75 Å². The molecule has 36 heavy (non-hydrogen) atoms. The van der Waals surface area contributed by atoms with E-state index in [1.165, 1.54) is 16.7 Å². The van der Waals surface area contributed by atoms with Crippen LogP contribution in [-0.2, 0) is 9.59 Å². The lowest BCUT2D eigenvalue weighted by molar-refractivity contribution is -0.122. The molecule has 1 heterocycles. The molecule has 1 N–H and O–H groups in total. The van der Waals surface area contributed by atoms with Crippen LogP contribution < -0.4 is 15.0 Å². The molecule has 0 saturated heterocycles. The third-order valence-corrected chi connectivity index (χ3v) is 7.12. The summed E-state index contributed by atoms with van der Waals surface area (Å²) in [5, 5.41) is 3.62. The summed E-state index contributed by atoms with van der Waals surface area (Å²) in [6, 6.07) is 22.5. The van der Waals surface area contributed by atoms with Crippen LogP contribution in [0.4, 0.5) is 5.69 Å². The van der Waals surface area contributed by atoms with E-state index >= 15 is 0 Å². The smallest absolute Gasteiger partial charge is 0.265 e. The predicted octanol–water partition coefficient (Wildman–Crippen LogP) is 6.88. The van der Waals surface area contributed by atoms with Crippen LogP contribution in [0, 0.1) is 0 Å². The number of nitrogens with one attached hydrogen (secondary N) is 1. The number of ether oxygens (including phenoxy) is 1. The van der Waals surface area contributed by atoms with Crippen LogP contribution >= 0.6 is 23.4 Å². The second kappa shape index (κ2) is 12.2. The summed E-state index contributed by atoms with van der Waals surface area (Å²) in [7, 11) is 0. The van der Waals surface area contributed by atoms with E-state index in [-0.39, 0.29) is 24.4 Å². The van der Waals surface area contributed by atoms with Gasteiger partial charge in [0.2, 0.25) is 5.91 Å². The molecule has 4 rings (SSSR count). The van der Waals surface area contributed by atoms with Crippen LogP contribution in [0.1, 0.15) is 43.9 Å². The first-order valence-electron chi connectivity index (χ1n) is 12.0. The fourth-order valence-electron chi connectivity index (χ4n) is 3.87. The van der Waals surface area contributed by atoms with Crippen LogP contribution in [-0.4, -0.2) is 25.0 Å². The summed E-state index contributed by atoms with van der Waals surface area (Å²) in [5.41, 5.74) is 2.53. The molecule has 3 aromatic rings. The van der Waals surface area contributed by atoms with Gasteiger partial charge < -0.3 is 10.1 Å². The van der Waals surface area contributed by atoms with Crippen molar-refractivity contribution in [3.05, 3.63) is 93.9 Å². The van der Waals surface area contributed by atoms with Crippen molar-refractivity contribution in [2.75, 3.05) is 18.1 Å². The summed E-state index contributed by atoms with van der Waals surface area (Å²) < 4.78 is 5.72. The topological polar surface area (TPSA) is 58.6 Å². The van der Waals surface area contributed by atoms with E-state index < -0.39 is 0 Å². The molecule has 2 amide bonds. The Labute approximate surface area is 221 Å². The SMILES string of the molecule is CCCCOc1ccc(C(C)NC(=O)CN2C(=O)C(=Cc3cccc(Cl)c3)Sc3ccccc32)cc1. The third-order valence-electron chi connectivity index (χ3n) is 5.80. The number of hydrogen-bond donors (Lipinski definition) is 1. The zero-order valence-electron chi connectivity index (χ0n) is 20.4. The van der Waals surface area contributed by atoms with Crippen LogP contribution in [0.5, 0.6) is 5.75 Å². The first-order valence-corrected chi connectivity index (χ1v) is 13.2. The quantitative estimate of drug-likeness (QED) is 0.247. The Kier molecular flexibility index (Phi) is 8.73. The Morgan fingerprint density at radius 1 is 1.11 bits per heavy atom. The van der Waals surface area contributed by atoms with Crippen molar-refractivity contribution < 1.29 is 14.3 Å². The van der Waals surface area contributed by atoms with Gasteiger partial charge in [-0.15, -0.1) is 0 Å². The Balaban J connectivity index is 1.47. The van der Waals surface area contributed by atoms with Gasteiger partial charge in [-0.3, -0.25) is 14.5 Å². The van der Waals surface area contributed by atoms with Gasteiger partial charge in [-0.05, 0) is 66.9 Å². The fraction of sp³-hybridized carbons (Fsp3) is 0.241. The van der Waals surface area contributed by atoms with Crippen molar-refractivity contribution in [1.82, 2.24) is 5.32 Å². The molecule has 1 unspecified atom stereocenters. The van der Waals surface area contributed by atoms with E-state index in [0.29, 0.717) is 16.5 Å². The highest BCUT2D eigenvalue weighted by Crippen LogP contribution is 2.42. The average Bonchev–Trinajstić information content (AvgIpc) is 2.87. The van der Waals surface area contributed by atoms with E-state index in [1.807, 2.05) is 79.7 Å². The fourth-order valence-corrected chi connectivity index (χ4v) is 5.13. The highest BCUT2D eigenvalue weighted by Gasteiger charge is 2.30. The largest absolute Gasteiger partial charge is 0.494 e. The minimum Gasteiger partial charge on any atom is -0.494 e. The number of halogens is 1. The first kappa shape index (κ1) is 25.9. The van der Waals surface area contributed by atoms with E-state index in [2.05, 4.69) is 12.2 Å². The number of carbonyl (C=O) groups excluding carboxylic acids is 2. The lowest BCUT2D eigenvalue weighted by Gasteiger charge is -2.30. The maximum Gasteiger partial charge on any atom is 0.265 e. The van der Waals surface area contributed by atoms with Crippen molar-refractivity contribution >= 4 is 46.9 Å². The minimum atomic E-state index is -0.233. The average molecular weight is 521 g/mol. The Bertz CT molecular complexity index is 1260. The molecule has 0 aromatic heterocycles. The molecule has 0 spiro atoms. The predicted molar refractivity (Wildman–Crippen MR) is 147 cm³/mol. The molecule has 3 aromatic carbocycles. The van der Waals surface area contributed by atoms with E-state index in [1.54, 1.807) is 6.07 Å². The zero-order valence-corrected chi connectivity index (χ0v) is 21.9. The summed E-state index contributed by atoms with van der Waals surface area (Å²) in [6.07, 6.45) is 3.91. The van der Waals surface area contributed by atoms with Gasteiger partial charge in [-0.2, -0.15) is 0 Å². The summed E-state index contributed by atoms with van der Waals surface area (Å²) >= 11 is 7.52. The molecule has 0 saturated carbocycles. The molecule has 7 heteroatoms. The monoisotopic (exact) mass is 520 g/mol. The first-order chi connectivity index (χ1) is 17.4. The van der Waals surface area contributed by atoms with Gasteiger partial charge in [0, 0.05) is 9.92 Å². The standard InChI is InChI=1S/C29H29ClN2O3S/c1-3-4-16-35-24-14-12-22(13-15-24)20(2)31-28(33)19-32-25-10-5-6-11-26(25)36-27(29(32)34)18-21-8-7-9-23(30)17-21/h5-15,17-18,20H,3-4,16,19H2,1-2H3,(H,31,33). The third kappa shape index (κ3) is 6.50. The number of anilines is 1. The van der Waals surface area contributed by atoms with Gasteiger partial charge in [0.1, 0.15) is 12.3 Å². The van der Waals surface area contributed by atoms with E-state index in [0.717, 1.165) is 40.3 Å². The number of para-hydroxylation sites is 1. The van der Waals surface area contributed by atoms with Crippen molar-refractivity contribution in [1.29, 1.82) is 0 Å². The molecule has 1 aliphatic rings. The van der Waals surface area contributed by atoms with Gasteiger partial charge in [0.15, 0.2) is 0 Å². The maximum absolute atomic E-state index is 13.4. The normalized spacial score (nSPS) is 14.9. The molecule has 186 valence electrons. The Morgan fingerprint density at radius 3 is 2.64 bits per heavy atom.